The first-order valence-corrected chi connectivity index (χ1v) is 13.0. The Kier molecular flexibility index (Phi) is 5.69. The van der Waals surface area contributed by atoms with Crippen LogP contribution in [0.4, 0.5) is 0 Å². The normalized spacial score (nSPS) is 11.6. The minimum Gasteiger partial charge on any atom is -0.319 e. The predicted octanol–water partition coefficient (Wildman–Crippen LogP) is 7.68. The van der Waals surface area contributed by atoms with E-state index in [-0.39, 0.29) is 19.5 Å². The van der Waals surface area contributed by atoms with Crippen LogP contribution in [0.25, 0.3) is 60.9 Å². The number of nitrogens with zero attached hydrogens (tertiary/aromatic N) is 5. The van der Waals surface area contributed by atoms with Gasteiger partial charge in [-0.3, -0.25) is 4.68 Å². The van der Waals surface area contributed by atoms with Crippen LogP contribution in [-0.4, -0.2) is 23.9 Å². The molecule has 1 radical (unpaired) electrons. The Morgan fingerprint density at radius 1 is 0.650 bits per heavy atom. The molecule has 8 aromatic rings. The van der Waals surface area contributed by atoms with Crippen LogP contribution in [0.1, 0.15) is 11.4 Å². The number of hydrogen-bond acceptors (Lipinski definition) is 2. The van der Waals surface area contributed by atoms with Gasteiger partial charge in [-0.1, -0.05) is 47.6 Å². The number of para-hydroxylation sites is 3. The molecule has 0 aliphatic heterocycles. The van der Waals surface area contributed by atoms with Crippen LogP contribution in [0.15, 0.2) is 103 Å². The van der Waals surface area contributed by atoms with Gasteiger partial charge >= 0.3 is 19.5 Å². The van der Waals surface area contributed by atoms with Crippen LogP contribution in [0.2, 0.25) is 0 Å². The second-order valence-electron chi connectivity index (χ2n) is 9.94. The number of rotatable bonds is 3. The summed E-state index contributed by atoms with van der Waals surface area (Å²) in [7, 11) is 0. The molecule has 193 valence electrons. The van der Waals surface area contributed by atoms with E-state index in [0.29, 0.717) is 0 Å². The van der Waals surface area contributed by atoms with Gasteiger partial charge in [-0.25, -0.2) is 4.98 Å². The number of aromatic nitrogens is 5. The molecule has 0 aliphatic rings. The van der Waals surface area contributed by atoms with Crippen LogP contribution in [0.5, 0.6) is 0 Å². The van der Waals surface area contributed by atoms with Crippen LogP contribution in [0.3, 0.4) is 0 Å². The number of pyridine rings is 1. The molecule has 0 fully saturated rings. The summed E-state index contributed by atoms with van der Waals surface area (Å²) in [4.78, 5) is 5.32. The zero-order chi connectivity index (χ0) is 26.1. The Morgan fingerprint density at radius 3 is 2.08 bits per heavy atom. The average molecular weight is 604 g/mol. The van der Waals surface area contributed by atoms with E-state index in [0.717, 1.165) is 61.6 Å². The minimum absolute atomic E-state index is 0. The number of fused-ring (bicyclic) bond motifs is 6. The first-order valence-electron chi connectivity index (χ1n) is 13.0. The maximum absolute atomic E-state index is 5.32. The molecule has 0 unspecified atom stereocenters. The van der Waals surface area contributed by atoms with Crippen molar-refractivity contribution in [2.24, 2.45) is 0 Å². The molecule has 0 aliphatic carbocycles. The molecular formula is C34H23N5Rh. The molecule has 0 saturated heterocycles. The third-order valence-electron chi connectivity index (χ3n) is 7.48. The van der Waals surface area contributed by atoms with Gasteiger partial charge in [-0.05, 0) is 55.3 Å². The van der Waals surface area contributed by atoms with Crippen molar-refractivity contribution in [2.75, 3.05) is 0 Å². The Bertz CT molecular complexity index is 2200. The van der Waals surface area contributed by atoms with Gasteiger partial charge in [0.15, 0.2) is 0 Å². The summed E-state index contributed by atoms with van der Waals surface area (Å²) in [6.07, 6.45) is 0. The molecule has 5 nitrogen and oxygen atoms in total. The Morgan fingerprint density at radius 2 is 1.35 bits per heavy atom. The quantitative estimate of drug-likeness (QED) is 0.153. The van der Waals surface area contributed by atoms with E-state index in [1.807, 2.05) is 29.8 Å². The second-order valence-corrected chi connectivity index (χ2v) is 9.94. The van der Waals surface area contributed by atoms with E-state index < -0.39 is 0 Å². The topological polar surface area (TPSA) is 40.6 Å². The second kappa shape index (κ2) is 9.29. The minimum atomic E-state index is 0. The molecule has 4 heterocycles. The fourth-order valence-electron chi connectivity index (χ4n) is 5.84. The standard InChI is InChI=1S/C34H23N5.Rh/c1-22-20-23(2)39(36-22)25-16-17-28-26-12-6-9-15-31(26)38(32(28)21-25)33-19-18-29-27-13-7-8-14-30(27)37(34(29)35-33)24-10-4-3-5-11-24;/h3-10,12-20H,1-2H3;/q-2;+2. The molecule has 40 heavy (non-hydrogen) atoms. The molecule has 0 atom stereocenters. The van der Waals surface area contributed by atoms with Gasteiger partial charge in [0.2, 0.25) is 0 Å². The number of benzene rings is 4. The maximum Gasteiger partial charge on any atom is 2.00 e. The number of hydrogen-bond donors (Lipinski definition) is 0. The summed E-state index contributed by atoms with van der Waals surface area (Å²) in [5.74, 6) is 0.843. The van der Waals surface area contributed by atoms with E-state index >= 15 is 0 Å². The summed E-state index contributed by atoms with van der Waals surface area (Å²) in [6, 6.07) is 42.7. The van der Waals surface area contributed by atoms with Crippen LogP contribution in [-0.2, 0) is 19.5 Å². The maximum atomic E-state index is 5.32. The Labute approximate surface area is 244 Å². The van der Waals surface area contributed by atoms with Crippen molar-refractivity contribution >= 4 is 43.7 Å². The summed E-state index contributed by atoms with van der Waals surface area (Å²) < 4.78 is 6.37. The fraction of sp³-hybridized carbons (Fsp3) is 0.0588. The van der Waals surface area contributed by atoms with Crippen molar-refractivity contribution in [1.82, 2.24) is 23.9 Å². The van der Waals surface area contributed by atoms with E-state index in [9.17, 15) is 0 Å². The van der Waals surface area contributed by atoms with Crippen molar-refractivity contribution in [3.8, 4) is 17.2 Å². The van der Waals surface area contributed by atoms with E-state index in [1.165, 1.54) is 10.8 Å². The van der Waals surface area contributed by atoms with E-state index in [4.69, 9.17) is 10.1 Å². The smallest absolute Gasteiger partial charge is 0.319 e. The van der Waals surface area contributed by atoms with Crippen LogP contribution < -0.4 is 0 Å². The average Bonchev–Trinajstić information content (AvgIpc) is 3.61. The first kappa shape index (κ1) is 24.5. The van der Waals surface area contributed by atoms with Gasteiger partial charge in [-0.2, -0.15) is 35.4 Å². The van der Waals surface area contributed by atoms with Gasteiger partial charge in [0, 0.05) is 22.0 Å². The Hall–Kier alpha value is -4.54. The third kappa shape index (κ3) is 3.56. The summed E-state index contributed by atoms with van der Waals surface area (Å²) in [6.45, 7) is 4.09. The number of aryl methyl sites for hydroxylation is 2. The molecule has 0 amide bonds. The summed E-state index contributed by atoms with van der Waals surface area (Å²) >= 11 is 0. The van der Waals surface area contributed by atoms with Gasteiger partial charge in [0.1, 0.15) is 11.5 Å². The predicted molar refractivity (Wildman–Crippen MR) is 157 cm³/mol. The molecule has 6 heteroatoms. The summed E-state index contributed by atoms with van der Waals surface area (Å²) in [5.41, 5.74) is 8.02. The first-order chi connectivity index (χ1) is 19.2. The van der Waals surface area contributed by atoms with Crippen molar-refractivity contribution in [1.29, 1.82) is 0 Å². The molecule has 4 aromatic carbocycles. The zero-order valence-electron chi connectivity index (χ0n) is 21.9. The van der Waals surface area contributed by atoms with Crippen molar-refractivity contribution < 1.29 is 19.5 Å². The van der Waals surface area contributed by atoms with Crippen LogP contribution in [0, 0.1) is 26.0 Å². The van der Waals surface area contributed by atoms with Crippen molar-refractivity contribution in [3.63, 3.8) is 0 Å². The van der Waals surface area contributed by atoms with E-state index in [2.05, 4.69) is 113 Å². The van der Waals surface area contributed by atoms with Crippen molar-refractivity contribution in [3.05, 3.63) is 127 Å². The third-order valence-corrected chi connectivity index (χ3v) is 7.48. The molecular weight excluding hydrogens is 581 g/mol. The van der Waals surface area contributed by atoms with Crippen LogP contribution >= 0.6 is 0 Å². The summed E-state index contributed by atoms with van der Waals surface area (Å²) in [5, 5.41) is 9.29. The molecule has 0 saturated carbocycles. The largest absolute Gasteiger partial charge is 2.00 e. The molecule has 0 bridgehead atoms. The SMILES string of the molecule is Cc1cc(C)n(-c2[c-]c3c(cc2)c2ccccc2n3-c2ccc3c4ccccc4n(-c4[c-]cccc4)c3n2)n1.[Rh+2]. The van der Waals surface area contributed by atoms with Gasteiger partial charge < -0.3 is 9.13 Å². The monoisotopic (exact) mass is 604 g/mol. The van der Waals surface area contributed by atoms with Crippen molar-refractivity contribution in [2.45, 2.75) is 13.8 Å². The van der Waals surface area contributed by atoms with Gasteiger partial charge in [0.25, 0.3) is 0 Å². The molecule has 8 rings (SSSR count). The van der Waals surface area contributed by atoms with Gasteiger partial charge in [-0.15, -0.1) is 23.6 Å². The molecule has 0 spiro atoms. The molecule has 4 aromatic heterocycles. The fourth-order valence-corrected chi connectivity index (χ4v) is 5.84. The Balaban J connectivity index is 0.00000264. The van der Waals surface area contributed by atoms with Gasteiger partial charge in [0.05, 0.1) is 11.2 Å². The zero-order valence-corrected chi connectivity index (χ0v) is 23.5. The molecule has 0 N–H and O–H groups in total. The van der Waals surface area contributed by atoms with E-state index in [1.54, 1.807) is 0 Å².